The van der Waals surface area contributed by atoms with Gasteiger partial charge in [0.2, 0.25) is 0 Å². The molecule has 196 valence electrons. The van der Waals surface area contributed by atoms with E-state index in [0.29, 0.717) is 0 Å². The van der Waals surface area contributed by atoms with E-state index in [1.54, 1.807) is 0 Å². The van der Waals surface area contributed by atoms with Gasteiger partial charge in [0.05, 0.1) is 0 Å². The van der Waals surface area contributed by atoms with Crippen LogP contribution in [0.5, 0.6) is 0 Å². The first-order chi connectivity index (χ1) is 13.1. The lowest BCUT2D eigenvalue weighted by Crippen LogP contribution is -2.72. The van der Waals surface area contributed by atoms with Crippen LogP contribution in [0.15, 0.2) is 0 Å². The molecule has 0 aromatic rings. The van der Waals surface area contributed by atoms with Crippen LogP contribution >= 0.6 is 0 Å². The smallest absolute Gasteiger partial charge is 0.402 e. The average Bonchev–Trinajstić information content (AvgIpc) is 2.51. The van der Waals surface area contributed by atoms with E-state index < -0.39 is 76.6 Å². The third-order valence-electron chi connectivity index (χ3n) is 3.59. The van der Waals surface area contributed by atoms with E-state index in [-0.39, 0.29) is 6.15 Å². The van der Waals surface area contributed by atoms with Gasteiger partial charge in [0.1, 0.15) is 0 Å². The van der Waals surface area contributed by atoms with E-state index >= 15 is 0 Å². The third-order valence-corrected chi connectivity index (χ3v) is 4.48. The van der Waals surface area contributed by atoms with Gasteiger partial charge in [-0.2, -0.15) is 65.9 Å². The molecule has 32 heavy (non-hydrogen) atoms. The molecule has 0 aliphatic rings. The monoisotopic (exact) mass is 541 g/mol. The van der Waals surface area contributed by atoms with Crippen LogP contribution in [0.2, 0.25) is 0 Å². The summed E-state index contributed by atoms with van der Waals surface area (Å²) < 4.78 is 237. The van der Waals surface area contributed by atoms with Gasteiger partial charge in [-0.15, -0.1) is 0 Å². The average molecular weight is 541 g/mol. The molecule has 0 bridgehead atoms. The van der Waals surface area contributed by atoms with Gasteiger partial charge in [-0.3, -0.25) is 0 Å². The molecule has 21 heteroatoms. The maximum absolute atomic E-state index is 13.4. The number of hydrogen-bond acceptors (Lipinski definition) is 3. The molecule has 0 aromatic heterocycles. The van der Waals surface area contributed by atoms with Crippen molar-refractivity contribution in [2.45, 2.75) is 66.5 Å². The summed E-state index contributed by atoms with van der Waals surface area (Å²) in [6.45, 7) is 0. The van der Waals surface area contributed by atoms with Crippen LogP contribution in [-0.4, -0.2) is 60.2 Å². The third kappa shape index (κ3) is 5.12. The molecule has 0 fully saturated rings. The number of quaternary nitrogens is 1. The topological polar surface area (TPSA) is 93.7 Å². The van der Waals surface area contributed by atoms with Gasteiger partial charge >= 0.3 is 41.0 Å². The van der Waals surface area contributed by atoms with Crippen molar-refractivity contribution in [2.75, 3.05) is 0 Å². The van der Waals surface area contributed by atoms with E-state index in [4.69, 9.17) is 0 Å². The zero-order chi connectivity index (χ0) is 25.7. The molecule has 0 saturated carbocycles. The highest BCUT2D eigenvalue weighted by atomic mass is 32.2. The van der Waals surface area contributed by atoms with Gasteiger partial charge in [-0.1, -0.05) is 0 Å². The summed E-state index contributed by atoms with van der Waals surface area (Å²) in [5, 5.41) is -7.75. The Morgan fingerprint density at radius 2 is 1.00 bits per heavy atom. The maximum atomic E-state index is 13.4. The Labute approximate surface area is 167 Å². The lowest BCUT2D eigenvalue weighted by atomic mass is 9.91. The van der Waals surface area contributed by atoms with Gasteiger partial charge in [-0.05, 0) is 12.8 Å². The highest BCUT2D eigenvalue weighted by Gasteiger charge is 2.91. The highest BCUT2D eigenvalue weighted by molar-refractivity contribution is 7.86. The Bertz CT molecular complexity index is 747. The van der Waals surface area contributed by atoms with Gasteiger partial charge in [0.25, 0.3) is 0 Å². The van der Waals surface area contributed by atoms with Crippen molar-refractivity contribution in [1.29, 1.82) is 0 Å². The van der Waals surface area contributed by atoms with Crippen molar-refractivity contribution in [3.8, 4) is 0 Å². The number of hydrogen-bond donors (Lipinski definition) is 1. The minimum atomic E-state index is -8.43. The van der Waals surface area contributed by atoms with Crippen molar-refractivity contribution in [3.63, 3.8) is 0 Å². The maximum Gasteiger partial charge on any atom is 0.402 e. The van der Waals surface area contributed by atoms with E-state index in [1.165, 1.54) is 0 Å². The lowest BCUT2D eigenvalue weighted by molar-refractivity contribution is -0.421. The molecular formula is C11H11F16NO3S. The second-order valence-corrected chi connectivity index (χ2v) is 7.29. The summed E-state index contributed by atoms with van der Waals surface area (Å²) in [7, 11) is -7.99. The van der Waals surface area contributed by atoms with Gasteiger partial charge < -0.3 is 10.7 Å². The molecule has 0 rings (SSSR count). The molecule has 0 saturated heterocycles. The Morgan fingerprint density at radius 3 is 1.31 bits per heavy atom. The summed E-state index contributed by atoms with van der Waals surface area (Å²) in [4.78, 5) is 0. The predicted molar refractivity (Wildman–Crippen MR) is 70.2 cm³/mol. The minimum Gasteiger partial charge on any atom is -0.743 e. The first-order valence-corrected chi connectivity index (χ1v) is 8.47. The van der Waals surface area contributed by atoms with Crippen molar-refractivity contribution in [1.82, 2.24) is 6.15 Å². The fraction of sp³-hybridized carbons (Fsp3) is 1.00. The van der Waals surface area contributed by atoms with Gasteiger partial charge in [0, 0.05) is 6.42 Å². The summed E-state index contributed by atoms with van der Waals surface area (Å²) in [6.07, 6.45) is -16.3. The first-order valence-electron chi connectivity index (χ1n) is 7.06. The molecule has 4 N–H and O–H groups in total. The number of alkyl halides is 16. The summed E-state index contributed by atoms with van der Waals surface area (Å²) >= 11 is 0. The molecule has 0 amide bonds. The van der Waals surface area contributed by atoms with Crippen LogP contribution in [0, 0.1) is 0 Å². The van der Waals surface area contributed by atoms with E-state index in [9.17, 15) is 83.2 Å². The molecule has 1 unspecified atom stereocenters. The molecule has 0 aliphatic carbocycles. The van der Waals surface area contributed by atoms with Gasteiger partial charge in [0.15, 0.2) is 16.3 Å². The molecule has 0 aromatic carbocycles. The number of halogens is 16. The Morgan fingerprint density at radius 1 is 0.656 bits per heavy atom. The summed E-state index contributed by atoms with van der Waals surface area (Å²) in [5.41, 5.74) is 0. The van der Waals surface area contributed by atoms with Crippen molar-refractivity contribution >= 4 is 10.1 Å². The van der Waals surface area contributed by atoms with Crippen LogP contribution in [0.3, 0.4) is 0 Å². The standard InChI is InChI=1S/C11H8F16O3S.H3N/c12-4(2-1-3-5(13,14)15)6(16,17)7(18,19)8(20,21)9(22,23)10(24,25)11(26,27)31(28,29)30;/h4H,1-3H2,(H,28,29,30);1H3. The van der Waals surface area contributed by atoms with Gasteiger partial charge in [-0.25, -0.2) is 12.8 Å². The number of rotatable bonds is 10. The summed E-state index contributed by atoms with van der Waals surface area (Å²) in [5.74, 6) is -40.2. The zero-order valence-electron chi connectivity index (χ0n) is 14.9. The largest absolute Gasteiger partial charge is 0.743 e. The quantitative estimate of drug-likeness (QED) is 0.282. The predicted octanol–water partition coefficient (Wildman–Crippen LogP) is 5.75. The van der Waals surface area contributed by atoms with Crippen LogP contribution in [0.4, 0.5) is 70.2 Å². The van der Waals surface area contributed by atoms with Crippen LogP contribution in [0.25, 0.3) is 0 Å². The van der Waals surface area contributed by atoms with Crippen LogP contribution in [-0.2, 0) is 10.1 Å². The summed E-state index contributed by atoms with van der Waals surface area (Å²) in [6, 6.07) is 0. The molecule has 1 atom stereocenters. The molecule has 0 heterocycles. The van der Waals surface area contributed by atoms with E-state index in [0.717, 1.165) is 0 Å². The fourth-order valence-electron chi connectivity index (χ4n) is 1.80. The van der Waals surface area contributed by atoms with Crippen molar-refractivity contribution in [3.05, 3.63) is 0 Å². The molecule has 4 nitrogen and oxygen atoms in total. The van der Waals surface area contributed by atoms with E-state index in [1.807, 2.05) is 0 Å². The minimum absolute atomic E-state index is 0. The normalized spacial score (nSPS) is 16.5. The SMILES string of the molecule is O=S(=O)([O-])C(F)(F)C(F)(F)C(F)(F)C(F)(F)C(F)(F)C(F)(F)C(F)CCCC(F)(F)F.[NH4+]. The second kappa shape index (κ2) is 8.84. The lowest BCUT2D eigenvalue weighted by Gasteiger charge is -2.42. The Hall–Kier alpha value is -1.25. The molecule has 0 radical (unpaired) electrons. The zero-order valence-corrected chi connectivity index (χ0v) is 15.7. The first kappa shape index (κ1) is 32.9. The Kier molecular flexibility index (Phi) is 9.09. The van der Waals surface area contributed by atoms with E-state index in [2.05, 4.69) is 0 Å². The van der Waals surface area contributed by atoms with Crippen molar-refractivity contribution in [2.24, 2.45) is 0 Å². The Balaban J connectivity index is 0. The van der Waals surface area contributed by atoms with Crippen LogP contribution in [0.1, 0.15) is 19.3 Å². The van der Waals surface area contributed by atoms with Crippen LogP contribution < -0.4 is 6.15 Å². The molecule has 0 spiro atoms. The highest BCUT2D eigenvalue weighted by Crippen LogP contribution is 2.61. The molecular weight excluding hydrogens is 530 g/mol. The second-order valence-electron chi connectivity index (χ2n) is 5.87. The van der Waals surface area contributed by atoms with Crippen molar-refractivity contribution < 1.29 is 83.2 Å². The fourth-order valence-corrected chi connectivity index (χ4v) is 2.25. The molecule has 0 aliphatic heterocycles.